The molecule has 0 radical (unpaired) electrons. The number of hydrogen-bond acceptors (Lipinski definition) is 8. The van der Waals surface area contributed by atoms with Crippen LogP contribution < -0.4 is 16.1 Å². The van der Waals surface area contributed by atoms with E-state index in [1.54, 1.807) is 37.3 Å². The summed E-state index contributed by atoms with van der Waals surface area (Å²) in [4.78, 5) is 53.5. The maximum absolute atomic E-state index is 13.2. The number of hydroxylamine groups is 1. The number of rotatable bonds is 10. The SMILES string of the molecule is CCC(=O)NOS(=O)(=O)c1ccc(C)c(NC(=O)C(C(C)=O)n2ccnc2C(=O)Nc2ccccc2)c1. The van der Waals surface area contributed by atoms with Gasteiger partial charge in [0, 0.05) is 30.2 Å². The van der Waals surface area contributed by atoms with E-state index in [0.29, 0.717) is 11.3 Å². The summed E-state index contributed by atoms with van der Waals surface area (Å²) < 4.78 is 30.6. The van der Waals surface area contributed by atoms with Crippen molar-refractivity contribution in [2.45, 2.75) is 38.1 Å². The maximum atomic E-state index is 13.2. The van der Waals surface area contributed by atoms with Gasteiger partial charge < -0.3 is 15.2 Å². The largest absolute Gasteiger partial charge is 0.324 e. The Balaban J connectivity index is 1.86. The lowest BCUT2D eigenvalue weighted by molar-refractivity contribution is -0.129. The number of benzene rings is 2. The van der Waals surface area contributed by atoms with E-state index in [1.165, 1.54) is 38.4 Å². The Labute approximate surface area is 213 Å². The molecule has 0 saturated carbocycles. The van der Waals surface area contributed by atoms with Gasteiger partial charge in [0.2, 0.25) is 5.91 Å². The zero-order valence-corrected chi connectivity index (χ0v) is 21.0. The van der Waals surface area contributed by atoms with Crippen LogP contribution in [-0.2, 0) is 28.8 Å². The number of Topliss-reactive ketones (excluding diaryl/α,β-unsaturated/α-hetero) is 1. The molecular weight excluding hydrogens is 502 g/mol. The lowest BCUT2D eigenvalue weighted by atomic mass is 10.1. The monoisotopic (exact) mass is 527 g/mol. The molecule has 1 heterocycles. The highest BCUT2D eigenvalue weighted by molar-refractivity contribution is 7.86. The van der Waals surface area contributed by atoms with E-state index in [1.807, 2.05) is 5.48 Å². The van der Waals surface area contributed by atoms with E-state index >= 15 is 0 Å². The van der Waals surface area contributed by atoms with E-state index in [0.717, 1.165) is 10.6 Å². The average molecular weight is 528 g/mol. The molecule has 0 bridgehead atoms. The Morgan fingerprint density at radius 2 is 1.76 bits per heavy atom. The Morgan fingerprint density at radius 3 is 2.41 bits per heavy atom. The third-order valence-electron chi connectivity index (χ3n) is 5.16. The smallest absolute Gasteiger partial charge is 0.317 e. The molecule has 3 N–H and O–H groups in total. The number of imidazole rings is 1. The second kappa shape index (κ2) is 11.6. The Kier molecular flexibility index (Phi) is 8.52. The number of nitrogens with one attached hydrogen (secondary N) is 3. The first kappa shape index (κ1) is 27.2. The zero-order valence-electron chi connectivity index (χ0n) is 20.2. The first-order valence-electron chi connectivity index (χ1n) is 11.1. The summed E-state index contributed by atoms with van der Waals surface area (Å²) in [5.41, 5.74) is 2.89. The molecule has 1 unspecified atom stereocenters. The van der Waals surface area contributed by atoms with Crippen LogP contribution >= 0.6 is 0 Å². The van der Waals surface area contributed by atoms with Crippen LogP contribution in [0.5, 0.6) is 0 Å². The fraction of sp³-hybridized carbons (Fsp3) is 0.208. The van der Waals surface area contributed by atoms with Crippen LogP contribution in [0.25, 0.3) is 0 Å². The van der Waals surface area contributed by atoms with Gasteiger partial charge in [-0.3, -0.25) is 19.2 Å². The van der Waals surface area contributed by atoms with Gasteiger partial charge in [-0.2, -0.15) is 8.42 Å². The second-order valence-electron chi connectivity index (χ2n) is 7.87. The maximum Gasteiger partial charge on any atom is 0.317 e. The van der Waals surface area contributed by atoms with Crippen LogP contribution in [-0.4, -0.2) is 41.5 Å². The van der Waals surface area contributed by atoms with E-state index in [9.17, 15) is 27.6 Å². The molecule has 194 valence electrons. The number of nitrogens with zero attached hydrogens (tertiary/aromatic N) is 2. The van der Waals surface area contributed by atoms with Gasteiger partial charge in [-0.25, -0.2) is 10.5 Å². The van der Waals surface area contributed by atoms with Gasteiger partial charge in [0.25, 0.3) is 11.8 Å². The van der Waals surface area contributed by atoms with Crippen LogP contribution in [0.4, 0.5) is 11.4 Å². The molecule has 3 aromatic rings. The van der Waals surface area contributed by atoms with Crippen molar-refractivity contribution in [2.24, 2.45) is 0 Å². The first-order chi connectivity index (χ1) is 17.5. The molecule has 2 aromatic carbocycles. The van der Waals surface area contributed by atoms with Gasteiger partial charge in [-0.05, 0) is 43.7 Å². The molecule has 0 fully saturated rings. The summed E-state index contributed by atoms with van der Waals surface area (Å²) in [6, 6.07) is 10.9. The third-order valence-corrected chi connectivity index (χ3v) is 6.29. The summed E-state index contributed by atoms with van der Waals surface area (Å²) in [7, 11) is -4.39. The lowest BCUT2D eigenvalue weighted by Gasteiger charge is -2.19. The summed E-state index contributed by atoms with van der Waals surface area (Å²) in [6.45, 7) is 4.32. The van der Waals surface area contributed by atoms with E-state index in [4.69, 9.17) is 0 Å². The van der Waals surface area contributed by atoms with E-state index in [2.05, 4.69) is 19.9 Å². The van der Waals surface area contributed by atoms with Crippen molar-refractivity contribution >= 4 is 45.0 Å². The van der Waals surface area contributed by atoms with E-state index < -0.39 is 39.7 Å². The van der Waals surface area contributed by atoms with Crippen LogP contribution in [0.2, 0.25) is 0 Å². The molecule has 3 rings (SSSR count). The van der Waals surface area contributed by atoms with Gasteiger partial charge >= 0.3 is 10.1 Å². The van der Waals surface area contributed by atoms with Crippen LogP contribution in [0, 0.1) is 6.92 Å². The van der Waals surface area contributed by atoms with Gasteiger partial charge in [0.05, 0.1) is 4.90 Å². The minimum absolute atomic E-state index is 0.0107. The number of carbonyl (C=O) groups is 4. The third kappa shape index (κ3) is 6.65. The second-order valence-corrected chi connectivity index (χ2v) is 9.42. The summed E-state index contributed by atoms with van der Waals surface area (Å²) >= 11 is 0. The molecular formula is C24H25N5O7S. The summed E-state index contributed by atoms with van der Waals surface area (Å²) in [5.74, 6) is -2.85. The van der Waals surface area contributed by atoms with Crippen LogP contribution in [0.3, 0.4) is 0 Å². The number of para-hydroxylation sites is 1. The van der Waals surface area contributed by atoms with Gasteiger partial charge in [0.15, 0.2) is 17.6 Å². The molecule has 13 heteroatoms. The fourth-order valence-electron chi connectivity index (χ4n) is 3.23. The quantitative estimate of drug-likeness (QED) is 0.267. The van der Waals surface area contributed by atoms with Crippen molar-refractivity contribution in [3.63, 3.8) is 0 Å². The minimum atomic E-state index is -4.39. The molecule has 0 saturated heterocycles. The van der Waals surface area contributed by atoms with Crippen molar-refractivity contribution < 1.29 is 31.9 Å². The number of aryl methyl sites for hydroxylation is 1. The average Bonchev–Trinajstić information content (AvgIpc) is 3.33. The van der Waals surface area contributed by atoms with Crippen molar-refractivity contribution in [1.82, 2.24) is 15.0 Å². The van der Waals surface area contributed by atoms with Crippen molar-refractivity contribution in [1.29, 1.82) is 0 Å². The Bertz CT molecular complexity index is 1430. The molecule has 1 atom stereocenters. The highest BCUT2D eigenvalue weighted by Gasteiger charge is 2.30. The highest BCUT2D eigenvalue weighted by atomic mass is 32.2. The highest BCUT2D eigenvalue weighted by Crippen LogP contribution is 2.23. The van der Waals surface area contributed by atoms with Crippen molar-refractivity contribution in [2.75, 3.05) is 10.6 Å². The molecule has 37 heavy (non-hydrogen) atoms. The Hall–Kier alpha value is -4.36. The number of hydrogen-bond donors (Lipinski definition) is 3. The number of aromatic nitrogens is 2. The van der Waals surface area contributed by atoms with Crippen LogP contribution in [0.1, 0.15) is 42.5 Å². The van der Waals surface area contributed by atoms with E-state index in [-0.39, 0.29) is 22.8 Å². The fourth-order valence-corrected chi connectivity index (χ4v) is 4.02. The van der Waals surface area contributed by atoms with Gasteiger partial charge in [-0.15, -0.1) is 4.28 Å². The van der Waals surface area contributed by atoms with Gasteiger partial charge in [-0.1, -0.05) is 31.2 Å². The standard InChI is InChI=1S/C24H25N5O7S/c1-4-20(31)28-36-37(34,35)18-11-10-15(2)19(14-18)27-23(32)21(16(3)30)29-13-12-25-22(29)24(33)26-17-8-6-5-7-9-17/h5-14,21H,4H2,1-3H3,(H,26,33)(H,27,32)(H,28,31). The molecule has 0 aliphatic heterocycles. The molecule has 1 aromatic heterocycles. The molecule has 0 spiro atoms. The molecule has 3 amide bonds. The number of ketones is 1. The summed E-state index contributed by atoms with van der Waals surface area (Å²) in [6.07, 6.45) is 2.61. The van der Waals surface area contributed by atoms with Gasteiger partial charge in [0.1, 0.15) is 0 Å². The molecule has 0 aliphatic carbocycles. The van der Waals surface area contributed by atoms with Crippen LogP contribution in [0.15, 0.2) is 65.8 Å². The molecule has 12 nitrogen and oxygen atoms in total. The molecule has 0 aliphatic rings. The first-order valence-corrected chi connectivity index (χ1v) is 12.5. The number of carbonyl (C=O) groups excluding carboxylic acids is 4. The van der Waals surface area contributed by atoms with Crippen molar-refractivity contribution in [3.05, 3.63) is 72.3 Å². The predicted molar refractivity (Wildman–Crippen MR) is 133 cm³/mol. The number of anilines is 2. The summed E-state index contributed by atoms with van der Waals surface area (Å²) in [5, 5.41) is 5.19. The predicted octanol–water partition coefficient (Wildman–Crippen LogP) is 2.36. The lowest BCUT2D eigenvalue weighted by Crippen LogP contribution is -2.34. The topological polar surface area (TPSA) is 166 Å². The zero-order chi connectivity index (χ0) is 27.2. The number of amides is 3. The Morgan fingerprint density at radius 1 is 1.05 bits per heavy atom. The minimum Gasteiger partial charge on any atom is -0.324 e. The normalized spacial score (nSPS) is 11.9. The van der Waals surface area contributed by atoms with Crippen molar-refractivity contribution in [3.8, 4) is 0 Å².